The van der Waals surface area contributed by atoms with Gasteiger partial charge in [-0.05, 0) is 44.2 Å². The average Bonchev–Trinajstić information content (AvgIpc) is 2.62. The largest absolute Gasteiger partial charge is 0.367 e. The van der Waals surface area contributed by atoms with Gasteiger partial charge in [-0.3, -0.25) is 14.7 Å². The number of carbonyl (C=O) groups is 1. The number of Topliss-reactive ketones (excluding diaryl/α,β-unsaturated/α-hetero) is 1. The fourth-order valence-corrected chi connectivity index (χ4v) is 3.13. The maximum absolute atomic E-state index is 14.2. The summed E-state index contributed by atoms with van der Waals surface area (Å²) in [6.07, 6.45) is 1.81. The highest BCUT2D eigenvalue weighted by Gasteiger charge is 2.24. The van der Waals surface area contributed by atoms with E-state index in [4.69, 9.17) is 0 Å². The third kappa shape index (κ3) is 3.46. The highest BCUT2D eigenvalue weighted by Crippen LogP contribution is 2.25. The zero-order valence-electron chi connectivity index (χ0n) is 14.1. The average molecular weight is 327 g/mol. The smallest absolute Gasteiger partial charge is 0.159 e. The van der Waals surface area contributed by atoms with Crippen molar-refractivity contribution in [1.29, 1.82) is 0 Å². The summed E-state index contributed by atoms with van der Waals surface area (Å²) in [7, 11) is 0. The number of nitrogens with zero attached hydrogens (tertiary/aromatic N) is 3. The van der Waals surface area contributed by atoms with E-state index in [1.54, 1.807) is 12.1 Å². The second-order valence-corrected chi connectivity index (χ2v) is 6.18. The zero-order valence-corrected chi connectivity index (χ0v) is 14.1. The highest BCUT2D eigenvalue weighted by atomic mass is 19.1. The number of anilines is 1. The molecule has 0 amide bonds. The van der Waals surface area contributed by atoms with Crippen molar-refractivity contribution in [3.8, 4) is 0 Å². The van der Waals surface area contributed by atoms with Gasteiger partial charge in [0.25, 0.3) is 0 Å². The Balaban J connectivity index is 1.69. The molecule has 3 rings (SSSR count). The zero-order chi connectivity index (χ0) is 17.1. The Morgan fingerprint density at radius 3 is 2.54 bits per heavy atom. The molecule has 1 aromatic heterocycles. The van der Waals surface area contributed by atoms with E-state index in [2.05, 4.69) is 16.8 Å². The van der Waals surface area contributed by atoms with E-state index < -0.39 is 0 Å². The summed E-state index contributed by atoms with van der Waals surface area (Å²) in [6.45, 7) is 6.78. The Labute approximate surface area is 141 Å². The number of hydrogen-bond donors (Lipinski definition) is 0. The van der Waals surface area contributed by atoms with Gasteiger partial charge in [0.05, 0.1) is 11.4 Å². The number of piperazine rings is 1. The molecule has 24 heavy (non-hydrogen) atoms. The molecule has 0 radical (unpaired) electrons. The van der Waals surface area contributed by atoms with E-state index in [1.165, 1.54) is 13.0 Å². The van der Waals surface area contributed by atoms with Gasteiger partial charge >= 0.3 is 0 Å². The molecule has 1 unspecified atom stereocenters. The first kappa shape index (κ1) is 16.6. The minimum absolute atomic E-state index is 0.0429. The first-order valence-corrected chi connectivity index (χ1v) is 8.26. The molecule has 0 saturated carbocycles. The van der Waals surface area contributed by atoms with Crippen molar-refractivity contribution in [2.24, 2.45) is 0 Å². The van der Waals surface area contributed by atoms with E-state index in [-0.39, 0.29) is 17.6 Å². The van der Waals surface area contributed by atoms with Crippen LogP contribution in [0.5, 0.6) is 0 Å². The minimum atomic E-state index is -0.272. The van der Waals surface area contributed by atoms with Gasteiger partial charge in [0.15, 0.2) is 5.78 Å². The number of rotatable bonds is 4. The van der Waals surface area contributed by atoms with Crippen molar-refractivity contribution in [3.05, 3.63) is 59.7 Å². The minimum Gasteiger partial charge on any atom is -0.367 e. The van der Waals surface area contributed by atoms with Gasteiger partial charge in [-0.25, -0.2) is 4.39 Å². The number of carbonyl (C=O) groups excluding carboxylic acids is 1. The second-order valence-electron chi connectivity index (χ2n) is 6.18. The quantitative estimate of drug-likeness (QED) is 0.807. The van der Waals surface area contributed by atoms with Crippen LogP contribution >= 0.6 is 0 Å². The van der Waals surface area contributed by atoms with Gasteiger partial charge < -0.3 is 4.90 Å². The maximum Gasteiger partial charge on any atom is 0.159 e. The summed E-state index contributed by atoms with van der Waals surface area (Å²) in [6, 6.07) is 10.8. The van der Waals surface area contributed by atoms with Crippen molar-refractivity contribution < 1.29 is 9.18 Å². The fourth-order valence-electron chi connectivity index (χ4n) is 3.13. The summed E-state index contributed by atoms with van der Waals surface area (Å²) in [5.41, 5.74) is 2.12. The van der Waals surface area contributed by atoms with Gasteiger partial charge in [-0.2, -0.15) is 0 Å². The van der Waals surface area contributed by atoms with Crippen molar-refractivity contribution in [3.63, 3.8) is 0 Å². The van der Waals surface area contributed by atoms with Gasteiger partial charge in [0, 0.05) is 44.0 Å². The Kier molecular flexibility index (Phi) is 4.90. The highest BCUT2D eigenvalue weighted by molar-refractivity contribution is 5.95. The molecular weight excluding hydrogens is 305 g/mol. The number of ketones is 1. The number of benzene rings is 1. The van der Waals surface area contributed by atoms with Gasteiger partial charge in [-0.1, -0.05) is 6.07 Å². The normalized spacial score (nSPS) is 16.9. The van der Waals surface area contributed by atoms with Crippen molar-refractivity contribution in [2.75, 3.05) is 31.1 Å². The summed E-state index contributed by atoms with van der Waals surface area (Å²) in [4.78, 5) is 20.3. The van der Waals surface area contributed by atoms with Crippen LogP contribution in [0.15, 0.2) is 42.6 Å². The molecule has 126 valence electrons. The summed E-state index contributed by atoms with van der Waals surface area (Å²) in [5.74, 6) is -0.315. The van der Waals surface area contributed by atoms with Crippen molar-refractivity contribution >= 4 is 11.5 Å². The third-order valence-electron chi connectivity index (χ3n) is 4.67. The SMILES string of the molecule is CC(=O)c1ccc(F)c(N2CCN(C(C)c3ccccn3)CC2)c1. The molecule has 2 heterocycles. The molecule has 1 aliphatic rings. The van der Waals surface area contributed by atoms with Crippen LogP contribution in [0.3, 0.4) is 0 Å². The predicted molar refractivity (Wildman–Crippen MR) is 92.8 cm³/mol. The number of pyridine rings is 1. The van der Waals surface area contributed by atoms with Crippen LogP contribution in [0.1, 0.15) is 35.9 Å². The maximum atomic E-state index is 14.2. The Hall–Kier alpha value is -2.27. The van der Waals surface area contributed by atoms with Crippen molar-refractivity contribution in [1.82, 2.24) is 9.88 Å². The topological polar surface area (TPSA) is 36.4 Å². The van der Waals surface area contributed by atoms with E-state index in [0.717, 1.165) is 31.9 Å². The lowest BCUT2D eigenvalue weighted by Gasteiger charge is -2.39. The molecule has 1 saturated heterocycles. The molecule has 2 aromatic rings. The molecule has 4 nitrogen and oxygen atoms in total. The number of halogens is 1. The summed E-state index contributed by atoms with van der Waals surface area (Å²) < 4.78 is 14.2. The summed E-state index contributed by atoms with van der Waals surface area (Å²) in [5, 5.41) is 0. The molecule has 5 heteroatoms. The molecule has 0 N–H and O–H groups in total. The first-order valence-electron chi connectivity index (χ1n) is 8.26. The van der Waals surface area contributed by atoms with Crippen molar-refractivity contribution in [2.45, 2.75) is 19.9 Å². The molecule has 0 bridgehead atoms. The van der Waals surface area contributed by atoms with Gasteiger partial charge in [-0.15, -0.1) is 0 Å². The van der Waals surface area contributed by atoms with E-state index in [9.17, 15) is 9.18 Å². The lowest BCUT2D eigenvalue weighted by molar-refractivity contribution is 0.101. The van der Waals surface area contributed by atoms with Gasteiger partial charge in [0.1, 0.15) is 5.82 Å². The monoisotopic (exact) mass is 327 g/mol. The predicted octanol–water partition coefficient (Wildman–Crippen LogP) is 3.31. The first-order chi connectivity index (χ1) is 11.6. The molecule has 1 atom stereocenters. The van der Waals surface area contributed by atoms with E-state index in [1.807, 2.05) is 29.3 Å². The van der Waals surface area contributed by atoms with Crippen LogP contribution < -0.4 is 4.90 Å². The molecule has 1 aliphatic heterocycles. The van der Waals surface area contributed by atoms with Crippen LogP contribution in [-0.2, 0) is 0 Å². The van der Waals surface area contributed by atoms with E-state index in [0.29, 0.717) is 11.3 Å². The summed E-state index contributed by atoms with van der Waals surface area (Å²) >= 11 is 0. The van der Waals surface area contributed by atoms with E-state index >= 15 is 0 Å². The van der Waals surface area contributed by atoms with Crippen LogP contribution in [0.4, 0.5) is 10.1 Å². The number of hydrogen-bond acceptors (Lipinski definition) is 4. The lowest BCUT2D eigenvalue weighted by Crippen LogP contribution is -2.47. The molecule has 0 spiro atoms. The molecule has 1 aromatic carbocycles. The second kappa shape index (κ2) is 7.09. The van der Waals surface area contributed by atoms with Crippen LogP contribution in [0.25, 0.3) is 0 Å². The number of aromatic nitrogens is 1. The third-order valence-corrected chi connectivity index (χ3v) is 4.67. The molecular formula is C19H22FN3O. The molecule has 0 aliphatic carbocycles. The lowest BCUT2D eigenvalue weighted by atomic mass is 10.1. The van der Waals surface area contributed by atoms with Crippen LogP contribution in [0, 0.1) is 5.82 Å². The molecule has 1 fully saturated rings. The standard InChI is InChI=1S/C19H22FN3O/c1-14(18-5-3-4-8-21-18)22-9-11-23(12-10-22)19-13-16(15(2)24)6-7-17(19)20/h3-8,13-14H,9-12H2,1-2H3. The van der Waals surface area contributed by atoms with Crippen LogP contribution in [-0.4, -0.2) is 41.8 Å². The fraction of sp³-hybridized carbons (Fsp3) is 0.368. The van der Waals surface area contributed by atoms with Gasteiger partial charge in [0.2, 0.25) is 0 Å². The Morgan fingerprint density at radius 2 is 1.92 bits per heavy atom. The Bertz CT molecular complexity index is 712. The Morgan fingerprint density at radius 1 is 1.17 bits per heavy atom. The van der Waals surface area contributed by atoms with Crippen LogP contribution in [0.2, 0.25) is 0 Å².